The summed E-state index contributed by atoms with van der Waals surface area (Å²) in [5.41, 5.74) is 3.15. The first-order valence-corrected chi connectivity index (χ1v) is 8.59. The fraction of sp³-hybridized carbons (Fsp3) is 0.0952. The van der Waals surface area contributed by atoms with E-state index in [-0.39, 0.29) is 11.8 Å². The zero-order valence-electron chi connectivity index (χ0n) is 14.8. The summed E-state index contributed by atoms with van der Waals surface area (Å²) in [6, 6.07) is 16.7. The topological polar surface area (TPSA) is 68.5 Å². The molecule has 0 bridgehead atoms. The Bertz CT molecular complexity index is 1090. The molecule has 3 aromatic heterocycles. The largest absolute Gasteiger partial charge is 0.438 e. The molecule has 0 spiro atoms. The maximum atomic E-state index is 12.6. The molecule has 0 saturated heterocycles. The van der Waals surface area contributed by atoms with Gasteiger partial charge in [0.05, 0.1) is 12.2 Å². The number of amides is 1. The number of imidazole rings is 1. The molecule has 6 heteroatoms. The lowest BCUT2D eigenvalue weighted by atomic mass is 10.2. The Kier molecular flexibility index (Phi) is 4.53. The lowest BCUT2D eigenvalue weighted by molar-refractivity contribution is 0.0947. The average molecular weight is 358 g/mol. The highest BCUT2D eigenvalue weighted by atomic mass is 16.5. The van der Waals surface area contributed by atoms with Gasteiger partial charge in [-0.3, -0.25) is 4.79 Å². The van der Waals surface area contributed by atoms with Crippen LogP contribution in [0.2, 0.25) is 0 Å². The van der Waals surface area contributed by atoms with Crippen LogP contribution in [0.1, 0.15) is 21.6 Å². The predicted molar refractivity (Wildman–Crippen MR) is 102 cm³/mol. The molecule has 0 aliphatic heterocycles. The molecule has 1 N–H and O–H groups in total. The van der Waals surface area contributed by atoms with E-state index in [2.05, 4.69) is 15.3 Å². The van der Waals surface area contributed by atoms with Crippen LogP contribution in [0, 0.1) is 6.92 Å². The minimum Gasteiger partial charge on any atom is -0.438 e. The summed E-state index contributed by atoms with van der Waals surface area (Å²) in [5, 5.41) is 2.88. The number of pyridine rings is 2. The summed E-state index contributed by atoms with van der Waals surface area (Å²) < 4.78 is 7.69. The monoisotopic (exact) mass is 358 g/mol. The van der Waals surface area contributed by atoms with Crippen molar-refractivity contribution in [2.45, 2.75) is 13.5 Å². The molecule has 27 heavy (non-hydrogen) atoms. The quantitative estimate of drug-likeness (QED) is 0.590. The molecule has 6 nitrogen and oxygen atoms in total. The Morgan fingerprint density at radius 2 is 2.00 bits per heavy atom. The van der Waals surface area contributed by atoms with Gasteiger partial charge >= 0.3 is 0 Å². The van der Waals surface area contributed by atoms with Crippen molar-refractivity contribution in [3.05, 3.63) is 90.0 Å². The van der Waals surface area contributed by atoms with Crippen molar-refractivity contribution in [2.75, 3.05) is 0 Å². The van der Waals surface area contributed by atoms with Crippen LogP contribution in [-0.2, 0) is 6.54 Å². The molecule has 4 aromatic rings. The number of carbonyl (C=O) groups is 1. The molecule has 4 rings (SSSR count). The van der Waals surface area contributed by atoms with E-state index in [1.807, 2.05) is 66.2 Å². The number of nitrogens with zero attached hydrogens (tertiary/aromatic N) is 3. The number of rotatable bonds is 5. The lowest BCUT2D eigenvalue weighted by Gasteiger charge is -2.09. The molecule has 0 saturated carbocycles. The van der Waals surface area contributed by atoms with Crippen LogP contribution in [0.3, 0.4) is 0 Å². The van der Waals surface area contributed by atoms with Gasteiger partial charge in [-0.1, -0.05) is 18.2 Å². The number of para-hydroxylation sites is 1. The normalized spacial score (nSPS) is 10.7. The number of hydrogen-bond acceptors (Lipinski definition) is 4. The second-order valence-electron chi connectivity index (χ2n) is 6.16. The van der Waals surface area contributed by atoms with Crippen molar-refractivity contribution in [3.8, 4) is 11.6 Å². The third-order valence-corrected chi connectivity index (χ3v) is 4.07. The minimum absolute atomic E-state index is 0.262. The molecule has 1 aromatic carbocycles. The van der Waals surface area contributed by atoms with Crippen LogP contribution < -0.4 is 10.1 Å². The van der Waals surface area contributed by atoms with Crippen molar-refractivity contribution in [2.24, 2.45) is 0 Å². The molecule has 0 aliphatic rings. The highest BCUT2D eigenvalue weighted by Gasteiger charge is 2.14. The summed E-state index contributed by atoms with van der Waals surface area (Å²) in [6.07, 6.45) is 5.45. The number of carbonyl (C=O) groups excluding carboxylic acids is 1. The number of benzene rings is 1. The van der Waals surface area contributed by atoms with E-state index in [0.29, 0.717) is 17.9 Å². The molecule has 1 amide bonds. The van der Waals surface area contributed by atoms with Gasteiger partial charge < -0.3 is 14.5 Å². The molecule has 134 valence electrons. The van der Waals surface area contributed by atoms with E-state index in [1.165, 1.54) is 0 Å². The van der Waals surface area contributed by atoms with Gasteiger partial charge in [-0.05, 0) is 48.9 Å². The van der Waals surface area contributed by atoms with Crippen molar-refractivity contribution >= 4 is 11.6 Å². The van der Waals surface area contributed by atoms with Crippen LogP contribution in [0.25, 0.3) is 5.65 Å². The Morgan fingerprint density at radius 1 is 1.15 bits per heavy atom. The van der Waals surface area contributed by atoms with Gasteiger partial charge in [0.15, 0.2) is 0 Å². The standard InChI is InChI=1S/C21H18N4O2/c1-15-9-11-25-14-16(24-19(25)12-15)13-23-20(26)18-8-5-10-22-21(18)27-17-6-3-2-4-7-17/h2-12,14H,13H2,1H3,(H,23,26). The molecular weight excluding hydrogens is 340 g/mol. The number of aromatic nitrogens is 3. The van der Waals surface area contributed by atoms with Crippen LogP contribution in [0.15, 0.2) is 73.2 Å². The summed E-state index contributed by atoms with van der Waals surface area (Å²) in [4.78, 5) is 21.4. The summed E-state index contributed by atoms with van der Waals surface area (Å²) >= 11 is 0. The molecule has 0 fully saturated rings. The van der Waals surface area contributed by atoms with Gasteiger partial charge in [-0.25, -0.2) is 9.97 Å². The second-order valence-corrected chi connectivity index (χ2v) is 6.16. The Balaban J connectivity index is 1.49. The highest BCUT2D eigenvalue weighted by Crippen LogP contribution is 2.22. The summed E-state index contributed by atoms with van der Waals surface area (Å²) in [5.74, 6) is 0.634. The van der Waals surface area contributed by atoms with Crippen LogP contribution in [0.4, 0.5) is 0 Å². The SMILES string of the molecule is Cc1ccn2cc(CNC(=O)c3cccnc3Oc3ccccc3)nc2c1. The van der Waals surface area contributed by atoms with E-state index >= 15 is 0 Å². The minimum atomic E-state index is -0.262. The van der Waals surface area contributed by atoms with Crippen LogP contribution in [0.5, 0.6) is 11.6 Å². The Labute approximate surface area is 156 Å². The zero-order chi connectivity index (χ0) is 18.6. The fourth-order valence-electron chi connectivity index (χ4n) is 2.73. The Hall–Kier alpha value is -3.67. The molecule has 0 unspecified atom stereocenters. The highest BCUT2D eigenvalue weighted by molar-refractivity contribution is 5.96. The first-order chi connectivity index (χ1) is 13.2. The second kappa shape index (κ2) is 7.29. The Morgan fingerprint density at radius 3 is 2.85 bits per heavy atom. The first-order valence-electron chi connectivity index (χ1n) is 8.59. The molecule has 0 aliphatic carbocycles. The van der Waals surface area contributed by atoms with Gasteiger partial charge in [-0.2, -0.15) is 0 Å². The zero-order valence-corrected chi connectivity index (χ0v) is 14.8. The number of hydrogen-bond donors (Lipinski definition) is 1. The summed E-state index contributed by atoms with van der Waals surface area (Å²) in [6.45, 7) is 2.34. The van der Waals surface area contributed by atoms with E-state index in [0.717, 1.165) is 16.9 Å². The smallest absolute Gasteiger partial charge is 0.257 e. The van der Waals surface area contributed by atoms with Crippen LogP contribution in [-0.4, -0.2) is 20.3 Å². The van der Waals surface area contributed by atoms with Crippen molar-refractivity contribution in [3.63, 3.8) is 0 Å². The van der Waals surface area contributed by atoms with Gasteiger partial charge in [0.1, 0.15) is 17.0 Å². The van der Waals surface area contributed by atoms with E-state index in [1.54, 1.807) is 18.3 Å². The number of ether oxygens (including phenoxy) is 1. The molecule has 0 radical (unpaired) electrons. The maximum Gasteiger partial charge on any atom is 0.257 e. The average Bonchev–Trinajstić information content (AvgIpc) is 3.09. The van der Waals surface area contributed by atoms with Crippen molar-refractivity contribution in [1.82, 2.24) is 19.7 Å². The van der Waals surface area contributed by atoms with Crippen LogP contribution >= 0.6 is 0 Å². The van der Waals surface area contributed by atoms with Gasteiger partial charge in [0.2, 0.25) is 5.88 Å². The van der Waals surface area contributed by atoms with E-state index in [4.69, 9.17) is 4.74 Å². The summed E-state index contributed by atoms with van der Waals surface area (Å²) in [7, 11) is 0. The van der Waals surface area contributed by atoms with Gasteiger partial charge in [0, 0.05) is 18.6 Å². The van der Waals surface area contributed by atoms with Gasteiger partial charge in [0.25, 0.3) is 5.91 Å². The molecule has 0 atom stereocenters. The number of fused-ring (bicyclic) bond motifs is 1. The molecule has 3 heterocycles. The maximum absolute atomic E-state index is 12.6. The van der Waals surface area contributed by atoms with E-state index in [9.17, 15) is 4.79 Å². The third-order valence-electron chi connectivity index (χ3n) is 4.07. The third kappa shape index (κ3) is 3.79. The first kappa shape index (κ1) is 16.8. The molecular formula is C21H18N4O2. The van der Waals surface area contributed by atoms with Crippen molar-refractivity contribution in [1.29, 1.82) is 0 Å². The predicted octanol–water partition coefficient (Wildman–Crippen LogP) is 3.76. The van der Waals surface area contributed by atoms with Gasteiger partial charge in [-0.15, -0.1) is 0 Å². The number of nitrogens with one attached hydrogen (secondary N) is 1. The number of aryl methyl sites for hydroxylation is 1. The van der Waals surface area contributed by atoms with Crippen molar-refractivity contribution < 1.29 is 9.53 Å². The fourth-order valence-corrected chi connectivity index (χ4v) is 2.73. The van der Waals surface area contributed by atoms with E-state index < -0.39 is 0 Å². The lowest BCUT2D eigenvalue weighted by Crippen LogP contribution is -2.23.